The molecular formula is C11H15N3O4S. The molecular weight excluding hydrogens is 270 g/mol. The lowest BCUT2D eigenvalue weighted by Crippen LogP contribution is -2.34. The third kappa shape index (κ3) is 2.85. The molecule has 2 rings (SSSR count). The molecule has 8 heteroatoms. The summed E-state index contributed by atoms with van der Waals surface area (Å²) in [6.45, 7) is 1.78. The summed E-state index contributed by atoms with van der Waals surface area (Å²) in [7, 11) is -2.28. The highest BCUT2D eigenvalue weighted by molar-refractivity contribution is 7.89. The van der Waals surface area contributed by atoms with Gasteiger partial charge in [0.1, 0.15) is 0 Å². The van der Waals surface area contributed by atoms with Crippen LogP contribution in [0.25, 0.3) is 0 Å². The predicted molar refractivity (Wildman–Crippen MR) is 70.6 cm³/mol. The number of nitro benzene ring substituents is 1. The van der Waals surface area contributed by atoms with Gasteiger partial charge in [0.25, 0.3) is 5.69 Å². The van der Waals surface area contributed by atoms with E-state index in [0.717, 1.165) is 12.8 Å². The molecule has 1 saturated carbocycles. The van der Waals surface area contributed by atoms with Crippen LogP contribution in [0.15, 0.2) is 23.1 Å². The van der Waals surface area contributed by atoms with Crippen LogP contribution in [0.4, 0.5) is 11.4 Å². The molecule has 0 radical (unpaired) electrons. The minimum Gasteiger partial charge on any atom is -0.388 e. The van der Waals surface area contributed by atoms with E-state index in [2.05, 4.69) is 10.0 Å². The van der Waals surface area contributed by atoms with Gasteiger partial charge in [-0.25, -0.2) is 13.1 Å². The molecule has 0 heterocycles. The van der Waals surface area contributed by atoms with Crippen LogP contribution < -0.4 is 10.0 Å². The Labute approximate surface area is 111 Å². The highest BCUT2D eigenvalue weighted by Gasteiger charge is 2.42. The summed E-state index contributed by atoms with van der Waals surface area (Å²) in [5.74, 6) is 0. The first-order valence-electron chi connectivity index (χ1n) is 5.78. The maximum Gasteiger partial charge on any atom is 0.289 e. The van der Waals surface area contributed by atoms with Crippen LogP contribution >= 0.6 is 0 Å². The minimum atomic E-state index is -3.90. The van der Waals surface area contributed by atoms with Crippen LogP contribution in [0, 0.1) is 10.1 Å². The maximum atomic E-state index is 12.2. The summed E-state index contributed by atoms with van der Waals surface area (Å²) >= 11 is 0. The fraction of sp³-hybridized carbons (Fsp3) is 0.455. The normalized spacial score (nSPS) is 16.9. The van der Waals surface area contributed by atoms with Crippen molar-refractivity contribution in [1.82, 2.24) is 4.72 Å². The second kappa shape index (κ2) is 4.46. The Morgan fingerprint density at radius 2 is 2.00 bits per heavy atom. The summed E-state index contributed by atoms with van der Waals surface area (Å²) in [4.78, 5) is 9.94. The number of sulfonamides is 1. The van der Waals surface area contributed by atoms with E-state index in [1.807, 2.05) is 0 Å². The van der Waals surface area contributed by atoms with Gasteiger partial charge in [0, 0.05) is 24.3 Å². The van der Waals surface area contributed by atoms with Crippen molar-refractivity contribution < 1.29 is 13.3 Å². The number of benzene rings is 1. The molecule has 0 aromatic heterocycles. The third-order valence-corrected chi connectivity index (χ3v) is 4.78. The Bertz CT molecular complexity index is 623. The van der Waals surface area contributed by atoms with Gasteiger partial charge >= 0.3 is 0 Å². The van der Waals surface area contributed by atoms with E-state index in [1.165, 1.54) is 18.2 Å². The number of hydrogen-bond donors (Lipinski definition) is 2. The zero-order valence-corrected chi connectivity index (χ0v) is 11.5. The first-order valence-corrected chi connectivity index (χ1v) is 7.26. The first kappa shape index (κ1) is 13.8. The van der Waals surface area contributed by atoms with E-state index in [9.17, 15) is 18.5 Å². The number of anilines is 1. The molecule has 2 N–H and O–H groups in total. The van der Waals surface area contributed by atoms with Crippen molar-refractivity contribution >= 4 is 21.4 Å². The van der Waals surface area contributed by atoms with Crippen molar-refractivity contribution in [3.63, 3.8) is 0 Å². The van der Waals surface area contributed by atoms with Gasteiger partial charge in [0.05, 0.1) is 4.92 Å². The Balaban J connectivity index is 2.49. The van der Waals surface area contributed by atoms with E-state index >= 15 is 0 Å². The Kier molecular flexibility index (Phi) is 3.23. The van der Waals surface area contributed by atoms with Gasteiger partial charge in [0.15, 0.2) is 4.90 Å². The first-order chi connectivity index (χ1) is 8.77. The van der Waals surface area contributed by atoms with Crippen LogP contribution in [0.3, 0.4) is 0 Å². The van der Waals surface area contributed by atoms with Crippen LogP contribution in [-0.2, 0) is 10.0 Å². The number of rotatable bonds is 5. The van der Waals surface area contributed by atoms with Crippen LogP contribution in [0.1, 0.15) is 19.8 Å². The minimum absolute atomic E-state index is 0.308. The Hall–Kier alpha value is -1.67. The Morgan fingerprint density at radius 1 is 1.37 bits per heavy atom. The van der Waals surface area contributed by atoms with E-state index in [4.69, 9.17) is 0 Å². The molecule has 0 saturated heterocycles. The Morgan fingerprint density at radius 3 is 2.47 bits per heavy atom. The van der Waals surface area contributed by atoms with Gasteiger partial charge in [-0.2, -0.15) is 0 Å². The van der Waals surface area contributed by atoms with E-state index in [0.29, 0.717) is 5.69 Å². The van der Waals surface area contributed by atoms with Gasteiger partial charge in [-0.15, -0.1) is 0 Å². The summed E-state index contributed by atoms with van der Waals surface area (Å²) in [6.07, 6.45) is 1.48. The molecule has 0 bridgehead atoms. The second-order valence-electron chi connectivity index (χ2n) is 4.86. The van der Waals surface area contributed by atoms with Gasteiger partial charge in [-0.1, -0.05) is 0 Å². The fourth-order valence-electron chi connectivity index (χ4n) is 1.70. The molecule has 0 amide bonds. The number of nitrogens with one attached hydrogen (secondary N) is 2. The molecule has 1 aliphatic carbocycles. The quantitative estimate of drug-likeness (QED) is 0.630. The maximum absolute atomic E-state index is 12.2. The molecule has 1 fully saturated rings. The molecule has 7 nitrogen and oxygen atoms in total. The van der Waals surface area contributed by atoms with E-state index < -0.39 is 26.2 Å². The lowest BCUT2D eigenvalue weighted by Gasteiger charge is -2.13. The highest BCUT2D eigenvalue weighted by atomic mass is 32.2. The fourth-order valence-corrected chi connectivity index (χ4v) is 3.37. The summed E-state index contributed by atoms with van der Waals surface area (Å²) in [6, 6.07) is 3.93. The SMILES string of the molecule is CNc1ccc([N+](=O)[O-])c(S(=O)(=O)NC2(C)CC2)c1. The van der Waals surface area contributed by atoms with Crippen molar-refractivity contribution in [2.24, 2.45) is 0 Å². The summed E-state index contributed by atoms with van der Waals surface area (Å²) in [5, 5.41) is 13.7. The molecule has 1 aromatic rings. The predicted octanol–water partition coefficient (Wildman–Crippen LogP) is 1.47. The largest absolute Gasteiger partial charge is 0.388 e. The molecule has 104 valence electrons. The van der Waals surface area contributed by atoms with Gasteiger partial charge in [-0.05, 0) is 31.9 Å². The zero-order chi connectivity index (χ0) is 14.3. The molecule has 0 aliphatic heterocycles. The number of nitrogens with zero attached hydrogens (tertiary/aromatic N) is 1. The van der Waals surface area contributed by atoms with E-state index in [-0.39, 0.29) is 4.90 Å². The van der Waals surface area contributed by atoms with Gasteiger partial charge in [-0.3, -0.25) is 10.1 Å². The van der Waals surface area contributed by atoms with E-state index in [1.54, 1.807) is 14.0 Å². The molecule has 0 unspecified atom stereocenters. The lowest BCUT2D eigenvalue weighted by molar-refractivity contribution is -0.387. The second-order valence-corrected chi connectivity index (χ2v) is 6.51. The smallest absolute Gasteiger partial charge is 0.289 e. The van der Waals surface area contributed by atoms with Gasteiger partial charge in [0.2, 0.25) is 10.0 Å². The molecule has 0 atom stereocenters. The average Bonchev–Trinajstić information content (AvgIpc) is 3.04. The average molecular weight is 285 g/mol. The molecule has 0 spiro atoms. The zero-order valence-electron chi connectivity index (χ0n) is 10.6. The lowest BCUT2D eigenvalue weighted by atomic mass is 10.3. The summed E-state index contributed by atoms with van der Waals surface area (Å²) in [5.41, 5.74) is -0.384. The topological polar surface area (TPSA) is 101 Å². The monoisotopic (exact) mass is 285 g/mol. The van der Waals surface area contributed by atoms with Crippen molar-refractivity contribution in [2.75, 3.05) is 12.4 Å². The van der Waals surface area contributed by atoms with Gasteiger partial charge < -0.3 is 5.32 Å². The van der Waals surface area contributed by atoms with Crippen LogP contribution in [0.2, 0.25) is 0 Å². The third-order valence-electron chi connectivity index (χ3n) is 3.12. The van der Waals surface area contributed by atoms with Crippen molar-refractivity contribution in [2.45, 2.75) is 30.2 Å². The van der Waals surface area contributed by atoms with Crippen molar-refractivity contribution in [3.8, 4) is 0 Å². The number of hydrogen-bond acceptors (Lipinski definition) is 5. The molecule has 19 heavy (non-hydrogen) atoms. The van der Waals surface area contributed by atoms with Crippen molar-refractivity contribution in [1.29, 1.82) is 0 Å². The van der Waals surface area contributed by atoms with Crippen LogP contribution in [-0.4, -0.2) is 25.9 Å². The van der Waals surface area contributed by atoms with Crippen molar-refractivity contribution in [3.05, 3.63) is 28.3 Å². The highest BCUT2D eigenvalue weighted by Crippen LogP contribution is 2.37. The number of nitro groups is 1. The summed E-state index contributed by atoms with van der Waals surface area (Å²) < 4.78 is 27.0. The molecule has 1 aromatic carbocycles. The molecule has 1 aliphatic rings. The van der Waals surface area contributed by atoms with Crippen LogP contribution in [0.5, 0.6) is 0 Å². The standard InChI is InChI=1S/C11H15N3O4S/c1-11(5-6-11)13-19(17,18)10-7-8(12-2)3-4-9(10)14(15)16/h3-4,7,12-13H,5-6H2,1-2H3.